The SMILES string of the molecule is COc1ccc(N2C(=O)N[C@@H](CCC(=O)N3CCc4cc(OC)c(OC)cc4C3)C2=O)cc1. The van der Waals surface area contributed by atoms with Crippen LogP contribution in [0.1, 0.15) is 24.0 Å². The Bertz CT molecular complexity index is 1070. The molecule has 1 saturated heterocycles. The molecule has 1 N–H and O–H groups in total. The van der Waals surface area contributed by atoms with E-state index in [1.165, 1.54) is 0 Å². The first kappa shape index (κ1) is 22.4. The van der Waals surface area contributed by atoms with Crippen LogP contribution in [0.2, 0.25) is 0 Å². The topological polar surface area (TPSA) is 97.4 Å². The van der Waals surface area contributed by atoms with Gasteiger partial charge in [-0.1, -0.05) is 0 Å². The average molecular weight is 453 g/mol. The summed E-state index contributed by atoms with van der Waals surface area (Å²) in [5.41, 5.74) is 2.61. The number of anilines is 1. The lowest BCUT2D eigenvalue weighted by atomic mass is 9.98. The number of fused-ring (bicyclic) bond motifs is 1. The van der Waals surface area contributed by atoms with Crippen LogP contribution in [0.25, 0.3) is 0 Å². The maximum absolute atomic E-state index is 12.9. The van der Waals surface area contributed by atoms with Gasteiger partial charge in [0.25, 0.3) is 5.91 Å². The molecule has 9 nitrogen and oxygen atoms in total. The van der Waals surface area contributed by atoms with E-state index in [2.05, 4.69) is 5.32 Å². The van der Waals surface area contributed by atoms with Crippen LogP contribution in [0.15, 0.2) is 36.4 Å². The van der Waals surface area contributed by atoms with Crippen LogP contribution in [0, 0.1) is 0 Å². The van der Waals surface area contributed by atoms with Crippen LogP contribution >= 0.6 is 0 Å². The van der Waals surface area contributed by atoms with Crippen molar-refractivity contribution in [3.05, 3.63) is 47.5 Å². The van der Waals surface area contributed by atoms with Gasteiger partial charge in [0.1, 0.15) is 11.8 Å². The molecule has 0 bridgehead atoms. The molecule has 9 heteroatoms. The summed E-state index contributed by atoms with van der Waals surface area (Å²) in [4.78, 5) is 41.0. The van der Waals surface area contributed by atoms with Gasteiger partial charge in [-0.2, -0.15) is 0 Å². The van der Waals surface area contributed by atoms with Crippen molar-refractivity contribution in [2.75, 3.05) is 32.8 Å². The quantitative estimate of drug-likeness (QED) is 0.647. The zero-order chi connectivity index (χ0) is 23.5. The summed E-state index contributed by atoms with van der Waals surface area (Å²) in [5, 5.41) is 2.69. The third kappa shape index (κ3) is 4.44. The summed E-state index contributed by atoms with van der Waals surface area (Å²) in [7, 11) is 4.73. The molecule has 33 heavy (non-hydrogen) atoms. The number of urea groups is 1. The molecule has 2 heterocycles. The number of carbonyl (C=O) groups is 3. The Labute approximate surface area is 192 Å². The molecule has 0 aromatic heterocycles. The number of hydrogen-bond donors (Lipinski definition) is 1. The molecular weight excluding hydrogens is 426 g/mol. The van der Waals surface area contributed by atoms with E-state index < -0.39 is 12.1 Å². The Morgan fingerprint density at radius 3 is 2.30 bits per heavy atom. The predicted molar refractivity (Wildman–Crippen MR) is 121 cm³/mol. The number of rotatable bonds is 7. The summed E-state index contributed by atoms with van der Waals surface area (Å²) in [6.45, 7) is 1.06. The lowest BCUT2D eigenvalue weighted by Crippen LogP contribution is -2.37. The van der Waals surface area contributed by atoms with Crippen molar-refractivity contribution in [3.63, 3.8) is 0 Å². The maximum Gasteiger partial charge on any atom is 0.329 e. The second kappa shape index (κ2) is 9.40. The fraction of sp³-hybridized carbons (Fsp3) is 0.375. The second-order valence-corrected chi connectivity index (χ2v) is 7.95. The smallest absolute Gasteiger partial charge is 0.329 e. The van der Waals surface area contributed by atoms with Crippen LogP contribution < -0.4 is 24.4 Å². The van der Waals surface area contributed by atoms with Crippen LogP contribution in [0.3, 0.4) is 0 Å². The molecule has 0 aliphatic carbocycles. The molecule has 0 spiro atoms. The Morgan fingerprint density at radius 2 is 1.67 bits per heavy atom. The molecule has 2 aromatic carbocycles. The summed E-state index contributed by atoms with van der Waals surface area (Å²) in [5.74, 6) is 1.52. The van der Waals surface area contributed by atoms with Gasteiger partial charge >= 0.3 is 6.03 Å². The van der Waals surface area contributed by atoms with Crippen LogP contribution in [-0.4, -0.2) is 56.7 Å². The number of ether oxygens (including phenoxy) is 3. The highest BCUT2D eigenvalue weighted by Crippen LogP contribution is 2.33. The van der Waals surface area contributed by atoms with E-state index in [1.807, 2.05) is 12.1 Å². The predicted octanol–water partition coefficient (Wildman–Crippen LogP) is 2.50. The first-order valence-corrected chi connectivity index (χ1v) is 10.7. The number of nitrogens with one attached hydrogen (secondary N) is 1. The van der Waals surface area contributed by atoms with E-state index in [0.717, 1.165) is 16.0 Å². The Balaban J connectivity index is 1.37. The third-order valence-electron chi connectivity index (χ3n) is 6.07. The van der Waals surface area contributed by atoms with E-state index in [1.54, 1.807) is 50.5 Å². The molecule has 2 aliphatic heterocycles. The largest absolute Gasteiger partial charge is 0.497 e. The minimum atomic E-state index is -0.731. The molecule has 174 valence electrons. The second-order valence-electron chi connectivity index (χ2n) is 7.95. The number of hydrogen-bond acceptors (Lipinski definition) is 6. The Hall–Kier alpha value is -3.75. The molecule has 2 aromatic rings. The van der Waals surface area contributed by atoms with Gasteiger partial charge in [0.2, 0.25) is 5.91 Å². The number of amides is 4. The van der Waals surface area contributed by atoms with E-state index in [9.17, 15) is 14.4 Å². The van der Waals surface area contributed by atoms with Crippen LogP contribution in [0.5, 0.6) is 17.2 Å². The summed E-state index contributed by atoms with van der Waals surface area (Å²) < 4.78 is 15.9. The van der Waals surface area contributed by atoms with E-state index in [-0.39, 0.29) is 24.7 Å². The van der Waals surface area contributed by atoms with E-state index >= 15 is 0 Å². The number of benzene rings is 2. The Morgan fingerprint density at radius 1 is 1.00 bits per heavy atom. The standard InChI is InChI=1S/C24H27N3O6/c1-31-18-6-4-17(5-7-18)27-23(29)19(25-24(27)30)8-9-22(28)26-11-10-15-12-20(32-2)21(33-3)13-16(15)14-26/h4-7,12-13,19H,8-11,14H2,1-3H3,(H,25,30)/t19-/m0/s1. The molecule has 0 radical (unpaired) electrons. The van der Waals surface area contributed by atoms with E-state index in [0.29, 0.717) is 42.4 Å². The van der Waals surface area contributed by atoms with Crippen molar-refractivity contribution in [1.82, 2.24) is 10.2 Å². The molecule has 0 unspecified atom stereocenters. The number of nitrogens with zero attached hydrogens (tertiary/aromatic N) is 2. The van der Waals surface area contributed by atoms with Gasteiger partial charge in [0.15, 0.2) is 11.5 Å². The molecule has 4 rings (SSSR count). The van der Waals surface area contributed by atoms with Crippen LogP contribution in [0.4, 0.5) is 10.5 Å². The Kier molecular flexibility index (Phi) is 6.39. The molecule has 1 atom stereocenters. The molecule has 4 amide bonds. The molecule has 0 saturated carbocycles. The zero-order valence-electron chi connectivity index (χ0n) is 18.9. The summed E-state index contributed by atoms with van der Waals surface area (Å²) in [6, 6.07) is 9.31. The average Bonchev–Trinajstić information content (AvgIpc) is 3.13. The van der Waals surface area contributed by atoms with Gasteiger partial charge in [0.05, 0.1) is 27.0 Å². The van der Waals surface area contributed by atoms with Gasteiger partial charge in [-0.25, -0.2) is 9.69 Å². The number of imide groups is 1. The van der Waals surface area contributed by atoms with Crippen molar-refractivity contribution < 1.29 is 28.6 Å². The highest BCUT2D eigenvalue weighted by atomic mass is 16.5. The fourth-order valence-corrected chi connectivity index (χ4v) is 4.22. The van der Waals surface area contributed by atoms with E-state index in [4.69, 9.17) is 14.2 Å². The first-order chi connectivity index (χ1) is 15.9. The van der Waals surface area contributed by atoms with Gasteiger partial charge in [-0.15, -0.1) is 0 Å². The van der Waals surface area contributed by atoms with Crippen molar-refractivity contribution in [2.24, 2.45) is 0 Å². The minimum Gasteiger partial charge on any atom is -0.497 e. The number of carbonyl (C=O) groups excluding carboxylic acids is 3. The number of methoxy groups -OCH3 is 3. The normalized spacial score (nSPS) is 17.5. The maximum atomic E-state index is 12.9. The van der Waals surface area contributed by atoms with Gasteiger partial charge in [-0.05, 0) is 60.4 Å². The minimum absolute atomic E-state index is 0.0552. The third-order valence-corrected chi connectivity index (χ3v) is 6.07. The van der Waals surface area contributed by atoms with Crippen molar-refractivity contribution in [1.29, 1.82) is 0 Å². The molecule has 2 aliphatic rings. The summed E-state index contributed by atoms with van der Waals surface area (Å²) in [6.07, 6.45) is 1.12. The zero-order valence-corrected chi connectivity index (χ0v) is 18.9. The monoisotopic (exact) mass is 453 g/mol. The highest BCUT2D eigenvalue weighted by Gasteiger charge is 2.39. The summed E-state index contributed by atoms with van der Waals surface area (Å²) >= 11 is 0. The lowest BCUT2D eigenvalue weighted by molar-refractivity contribution is -0.132. The molecular formula is C24H27N3O6. The van der Waals surface area contributed by atoms with Gasteiger partial charge < -0.3 is 24.4 Å². The van der Waals surface area contributed by atoms with Gasteiger partial charge in [0, 0.05) is 19.5 Å². The van der Waals surface area contributed by atoms with Gasteiger partial charge in [-0.3, -0.25) is 9.59 Å². The fourth-order valence-electron chi connectivity index (χ4n) is 4.22. The van der Waals surface area contributed by atoms with Crippen molar-refractivity contribution >= 4 is 23.5 Å². The lowest BCUT2D eigenvalue weighted by Gasteiger charge is -2.30. The highest BCUT2D eigenvalue weighted by molar-refractivity contribution is 6.21. The van der Waals surface area contributed by atoms with Crippen molar-refractivity contribution in [2.45, 2.75) is 31.8 Å². The van der Waals surface area contributed by atoms with Crippen molar-refractivity contribution in [3.8, 4) is 17.2 Å². The molecule has 1 fully saturated rings. The van der Waals surface area contributed by atoms with Crippen LogP contribution in [-0.2, 0) is 22.6 Å². The first-order valence-electron chi connectivity index (χ1n) is 10.7.